The van der Waals surface area contributed by atoms with Crippen LogP contribution in [0.15, 0.2) is 11.8 Å². The number of ketones is 1. The topological polar surface area (TPSA) is 72.9 Å². The van der Waals surface area contributed by atoms with E-state index in [2.05, 4.69) is 9.47 Å². The van der Waals surface area contributed by atoms with E-state index in [1.54, 1.807) is 14.1 Å². The van der Waals surface area contributed by atoms with Crippen LogP contribution in [0.3, 0.4) is 0 Å². The van der Waals surface area contributed by atoms with Gasteiger partial charge in [-0.05, 0) is 0 Å². The lowest BCUT2D eigenvalue weighted by Gasteiger charge is -2.08. The van der Waals surface area contributed by atoms with Gasteiger partial charge in [0.05, 0.1) is 14.2 Å². The monoisotopic (exact) mass is 215 g/mol. The van der Waals surface area contributed by atoms with Gasteiger partial charge in [-0.1, -0.05) is 0 Å². The van der Waals surface area contributed by atoms with Crippen LogP contribution in [0, 0.1) is 0 Å². The molecule has 0 radical (unpaired) electrons. The van der Waals surface area contributed by atoms with Crippen molar-refractivity contribution in [3.8, 4) is 0 Å². The molecule has 0 atom stereocenters. The van der Waals surface area contributed by atoms with Gasteiger partial charge in [0.2, 0.25) is 0 Å². The zero-order chi connectivity index (χ0) is 12.0. The second-order valence-corrected chi connectivity index (χ2v) is 2.82. The van der Waals surface area contributed by atoms with E-state index < -0.39 is 17.7 Å². The Bertz CT molecular complexity index is 306. The molecule has 6 heteroatoms. The predicted molar refractivity (Wildman–Crippen MR) is 50.8 cm³/mol. The summed E-state index contributed by atoms with van der Waals surface area (Å²) < 4.78 is 8.58. The molecule has 0 unspecified atom stereocenters. The molecule has 0 spiro atoms. The molecule has 0 N–H and O–H groups in total. The van der Waals surface area contributed by atoms with Crippen LogP contribution in [0.4, 0.5) is 0 Å². The van der Waals surface area contributed by atoms with E-state index in [4.69, 9.17) is 0 Å². The zero-order valence-corrected chi connectivity index (χ0v) is 9.07. The Morgan fingerprint density at radius 3 is 1.80 bits per heavy atom. The fraction of sp³-hybridized carbons (Fsp3) is 0.444. The largest absolute Gasteiger partial charge is 0.465 e. The highest BCUT2D eigenvalue weighted by molar-refractivity contribution is 6.46. The number of carbonyl (C=O) groups excluding carboxylic acids is 3. The van der Waals surface area contributed by atoms with Crippen molar-refractivity contribution in [3.63, 3.8) is 0 Å². The average Bonchev–Trinajstić information content (AvgIpc) is 2.22. The molecule has 0 rings (SSSR count). The summed E-state index contributed by atoms with van der Waals surface area (Å²) in [7, 11) is 5.39. The summed E-state index contributed by atoms with van der Waals surface area (Å²) in [6.45, 7) is 0. The van der Waals surface area contributed by atoms with Gasteiger partial charge in [-0.15, -0.1) is 0 Å². The van der Waals surface area contributed by atoms with Gasteiger partial charge < -0.3 is 14.4 Å². The maximum atomic E-state index is 11.3. The molecule has 0 bridgehead atoms. The SMILES string of the molecule is COC(=O)C(=O)/C(=C\N(C)C)C(=O)OC. The summed E-state index contributed by atoms with van der Waals surface area (Å²) in [5.41, 5.74) is -0.366. The Morgan fingerprint density at radius 2 is 1.47 bits per heavy atom. The second-order valence-electron chi connectivity index (χ2n) is 2.82. The number of hydrogen-bond acceptors (Lipinski definition) is 6. The first-order valence-electron chi connectivity index (χ1n) is 4.03. The molecule has 0 aliphatic carbocycles. The Hall–Kier alpha value is -1.85. The number of nitrogens with zero attached hydrogens (tertiary/aromatic N) is 1. The number of methoxy groups -OCH3 is 2. The van der Waals surface area contributed by atoms with Crippen LogP contribution in [0.5, 0.6) is 0 Å². The zero-order valence-electron chi connectivity index (χ0n) is 9.07. The number of carbonyl (C=O) groups is 3. The molecule has 0 aromatic rings. The van der Waals surface area contributed by atoms with E-state index in [0.717, 1.165) is 14.2 Å². The first-order valence-corrected chi connectivity index (χ1v) is 4.03. The molecule has 0 saturated carbocycles. The quantitative estimate of drug-likeness (QED) is 0.204. The molecule has 0 aromatic heterocycles. The molecule has 6 nitrogen and oxygen atoms in total. The fourth-order valence-electron chi connectivity index (χ4n) is 0.775. The Labute approximate surface area is 87.4 Å². The molecule has 84 valence electrons. The van der Waals surface area contributed by atoms with Crippen molar-refractivity contribution in [3.05, 3.63) is 11.8 Å². The van der Waals surface area contributed by atoms with Crippen molar-refractivity contribution in [1.82, 2.24) is 4.90 Å². The maximum absolute atomic E-state index is 11.3. The third-order valence-corrected chi connectivity index (χ3v) is 1.41. The van der Waals surface area contributed by atoms with Crippen molar-refractivity contribution in [1.29, 1.82) is 0 Å². The molecule has 0 aromatic carbocycles. The highest BCUT2D eigenvalue weighted by Crippen LogP contribution is 2.02. The van der Waals surface area contributed by atoms with E-state index in [1.165, 1.54) is 11.1 Å². The summed E-state index contributed by atoms with van der Waals surface area (Å²) in [6, 6.07) is 0. The standard InChI is InChI=1S/C9H13NO5/c1-10(2)5-6(8(12)14-3)7(11)9(13)15-4/h5H,1-4H3/b6-5+. The third kappa shape index (κ3) is 3.80. The number of ether oxygens (including phenoxy) is 2. The Balaban J connectivity index is 5.04. The Morgan fingerprint density at radius 1 is 1.00 bits per heavy atom. The highest BCUT2D eigenvalue weighted by Gasteiger charge is 2.26. The molecule has 15 heavy (non-hydrogen) atoms. The summed E-state index contributed by atoms with van der Waals surface area (Å²) in [5.74, 6) is -3.01. The minimum atomic E-state index is -1.10. The van der Waals surface area contributed by atoms with Crippen LogP contribution in [0.25, 0.3) is 0 Å². The predicted octanol–water partition coefficient (Wildman–Crippen LogP) is -0.653. The van der Waals surface area contributed by atoms with E-state index in [9.17, 15) is 14.4 Å². The van der Waals surface area contributed by atoms with Crippen LogP contribution in [-0.2, 0) is 23.9 Å². The number of hydrogen-bond donors (Lipinski definition) is 0. The van der Waals surface area contributed by atoms with Gasteiger partial charge in [0, 0.05) is 20.3 Å². The van der Waals surface area contributed by atoms with Crippen molar-refractivity contribution < 1.29 is 23.9 Å². The average molecular weight is 215 g/mol. The van der Waals surface area contributed by atoms with Crippen LogP contribution >= 0.6 is 0 Å². The number of rotatable bonds is 4. The van der Waals surface area contributed by atoms with Gasteiger partial charge in [0.1, 0.15) is 5.57 Å². The first kappa shape index (κ1) is 13.2. The normalized spacial score (nSPS) is 10.5. The van der Waals surface area contributed by atoms with E-state index >= 15 is 0 Å². The molecule has 0 fully saturated rings. The fourth-order valence-corrected chi connectivity index (χ4v) is 0.775. The van der Waals surface area contributed by atoms with Crippen molar-refractivity contribution in [2.45, 2.75) is 0 Å². The van der Waals surface area contributed by atoms with E-state index in [1.807, 2.05) is 0 Å². The summed E-state index contributed by atoms with van der Waals surface area (Å²) in [4.78, 5) is 34.9. The maximum Gasteiger partial charge on any atom is 0.379 e. The summed E-state index contributed by atoms with van der Waals surface area (Å²) in [6.07, 6.45) is 1.20. The number of esters is 2. The van der Waals surface area contributed by atoms with Crippen molar-refractivity contribution >= 4 is 17.7 Å². The van der Waals surface area contributed by atoms with Gasteiger partial charge in [-0.3, -0.25) is 4.79 Å². The smallest absolute Gasteiger partial charge is 0.379 e. The lowest BCUT2D eigenvalue weighted by atomic mass is 10.2. The summed E-state index contributed by atoms with van der Waals surface area (Å²) >= 11 is 0. The number of Topliss-reactive ketones (excluding diaryl/α,β-unsaturated/α-hetero) is 1. The van der Waals surface area contributed by atoms with Crippen LogP contribution < -0.4 is 0 Å². The lowest BCUT2D eigenvalue weighted by molar-refractivity contribution is -0.152. The molecular weight excluding hydrogens is 202 g/mol. The second kappa shape index (κ2) is 5.79. The van der Waals surface area contributed by atoms with Crippen LogP contribution in [0.1, 0.15) is 0 Å². The molecule has 0 aliphatic heterocycles. The van der Waals surface area contributed by atoms with Crippen LogP contribution in [0.2, 0.25) is 0 Å². The molecule has 0 saturated heterocycles. The van der Waals surface area contributed by atoms with Gasteiger partial charge in [-0.25, -0.2) is 9.59 Å². The Kier molecular flexibility index (Phi) is 5.08. The lowest BCUT2D eigenvalue weighted by Crippen LogP contribution is -2.25. The molecule has 0 heterocycles. The van der Waals surface area contributed by atoms with Gasteiger partial charge in [0.15, 0.2) is 0 Å². The van der Waals surface area contributed by atoms with Gasteiger partial charge in [0.25, 0.3) is 5.78 Å². The van der Waals surface area contributed by atoms with Crippen molar-refractivity contribution in [2.24, 2.45) is 0 Å². The molecule has 0 aliphatic rings. The first-order chi connectivity index (χ1) is 6.93. The van der Waals surface area contributed by atoms with Gasteiger partial charge >= 0.3 is 11.9 Å². The van der Waals surface area contributed by atoms with Crippen LogP contribution in [-0.4, -0.2) is 50.9 Å². The minimum Gasteiger partial charge on any atom is -0.465 e. The third-order valence-electron chi connectivity index (χ3n) is 1.41. The van der Waals surface area contributed by atoms with Crippen molar-refractivity contribution in [2.75, 3.05) is 28.3 Å². The van der Waals surface area contributed by atoms with Gasteiger partial charge in [-0.2, -0.15) is 0 Å². The summed E-state index contributed by atoms with van der Waals surface area (Å²) in [5, 5.41) is 0. The van der Waals surface area contributed by atoms with E-state index in [0.29, 0.717) is 0 Å². The highest BCUT2D eigenvalue weighted by atomic mass is 16.5. The van der Waals surface area contributed by atoms with E-state index in [-0.39, 0.29) is 5.57 Å². The molecule has 0 amide bonds. The molecular formula is C9H13NO5. The minimum absolute atomic E-state index is 0.366.